The molecule has 0 heterocycles. The van der Waals surface area contributed by atoms with Crippen LogP contribution in [-0.2, 0) is 35.2 Å². The summed E-state index contributed by atoms with van der Waals surface area (Å²) in [4.78, 5) is 74.0. The number of nitrogens with one attached hydrogen (secondary N) is 4. The van der Waals surface area contributed by atoms with Crippen molar-refractivity contribution in [3.05, 3.63) is 48.0 Å². The Kier molecular flexibility index (Phi) is 11.4. The molecule has 0 aliphatic heterocycles. The van der Waals surface area contributed by atoms with E-state index in [2.05, 4.69) is 21.3 Å². The van der Waals surface area contributed by atoms with E-state index in [1.807, 2.05) is 42.5 Å². The molecule has 2 atom stereocenters. The minimum absolute atomic E-state index is 0.0913. The van der Waals surface area contributed by atoms with E-state index in [1.165, 1.54) is 0 Å². The third kappa shape index (κ3) is 8.51. The van der Waals surface area contributed by atoms with Gasteiger partial charge in [-0.05, 0) is 48.4 Å². The van der Waals surface area contributed by atoms with Crippen LogP contribution in [-0.4, -0.2) is 64.8 Å². The highest BCUT2D eigenvalue weighted by molar-refractivity contribution is 6.32. The van der Waals surface area contributed by atoms with Gasteiger partial charge in [0, 0.05) is 6.54 Å². The SMILES string of the molecule is CCC(NC(=O)C(=O)O)C(=O)NC1(C(=O)NC(CC(N)=O)C(=O)NCCCc2cccc3ccccc23)CCCCC1. The lowest BCUT2D eigenvalue weighted by molar-refractivity contribution is -0.151. The second kappa shape index (κ2) is 14.9. The van der Waals surface area contributed by atoms with E-state index in [4.69, 9.17) is 10.8 Å². The van der Waals surface area contributed by atoms with Crippen LogP contribution >= 0.6 is 0 Å². The van der Waals surface area contributed by atoms with Gasteiger partial charge in [-0.3, -0.25) is 24.0 Å². The van der Waals surface area contributed by atoms with E-state index < -0.39 is 59.5 Å². The molecular weight excluding hydrogens is 542 g/mol. The van der Waals surface area contributed by atoms with Gasteiger partial charge >= 0.3 is 11.9 Å². The van der Waals surface area contributed by atoms with Crippen LogP contribution in [0.15, 0.2) is 42.5 Å². The van der Waals surface area contributed by atoms with Crippen LogP contribution in [0.5, 0.6) is 0 Å². The Bertz CT molecular complexity index is 1320. The van der Waals surface area contributed by atoms with Crippen LogP contribution in [0.3, 0.4) is 0 Å². The van der Waals surface area contributed by atoms with Crippen molar-refractivity contribution in [2.24, 2.45) is 5.73 Å². The fourth-order valence-corrected chi connectivity index (χ4v) is 5.29. The highest BCUT2D eigenvalue weighted by Crippen LogP contribution is 2.29. The van der Waals surface area contributed by atoms with Gasteiger partial charge in [0.15, 0.2) is 0 Å². The van der Waals surface area contributed by atoms with E-state index in [0.717, 1.165) is 22.8 Å². The number of nitrogens with two attached hydrogens (primary N) is 1. The molecule has 5 amide bonds. The van der Waals surface area contributed by atoms with Gasteiger partial charge in [0.25, 0.3) is 0 Å². The van der Waals surface area contributed by atoms with Gasteiger partial charge in [0.1, 0.15) is 17.6 Å². The molecule has 1 aliphatic rings. The molecule has 12 heteroatoms. The molecular formula is C30H39N5O7. The standard InChI is InChI=1S/C30H39N5O7/c1-2-22(33-27(39)28(40)41)26(38)35-30(15-6-3-7-16-30)29(42)34-23(18-24(31)36)25(37)32-17-9-13-20-12-8-11-19-10-4-5-14-21(19)20/h4-5,8,10-12,14,22-23H,2-3,6-7,9,13,15-18H2,1H3,(H2,31,36)(H,32,37)(H,33,39)(H,34,42)(H,35,38)(H,40,41). The predicted molar refractivity (Wildman–Crippen MR) is 155 cm³/mol. The molecule has 7 N–H and O–H groups in total. The fourth-order valence-electron chi connectivity index (χ4n) is 5.29. The number of carboxylic acid groups (broad SMARTS) is 1. The van der Waals surface area contributed by atoms with Gasteiger partial charge < -0.3 is 32.1 Å². The Morgan fingerprint density at radius 1 is 0.905 bits per heavy atom. The van der Waals surface area contributed by atoms with Crippen molar-refractivity contribution in [2.75, 3.05) is 6.54 Å². The lowest BCUT2D eigenvalue weighted by Gasteiger charge is -2.38. The van der Waals surface area contributed by atoms with E-state index in [-0.39, 0.29) is 19.3 Å². The normalized spacial score (nSPS) is 15.5. The Hall–Kier alpha value is -4.48. The number of amides is 5. The average Bonchev–Trinajstić information content (AvgIpc) is 2.97. The number of carboxylic acids is 1. The van der Waals surface area contributed by atoms with Crippen molar-refractivity contribution >= 4 is 46.3 Å². The highest BCUT2D eigenvalue weighted by Gasteiger charge is 2.43. The number of primary amides is 1. The molecule has 1 fully saturated rings. The van der Waals surface area contributed by atoms with Crippen molar-refractivity contribution in [3.63, 3.8) is 0 Å². The van der Waals surface area contributed by atoms with Crippen LogP contribution in [0.4, 0.5) is 0 Å². The third-order valence-corrected chi connectivity index (χ3v) is 7.56. The molecule has 1 aliphatic carbocycles. The van der Waals surface area contributed by atoms with E-state index >= 15 is 0 Å². The number of hydrogen-bond donors (Lipinski definition) is 6. The molecule has 1 saturated carbocycles. The van der Waals surface area contributed by atoms with Crippen molar-refractivity contribution < 1.29 is 33.9 Å². The number of aliphatic carboxylic acids is 1. The predicted octanol–water partition coefficient (Wildman–Crippen LogP) is 1.05. The molecule has 226 valence electrons. The molecule has 2 aromatic rings. The van der Waals surface area contributed by atoms with Crippen molar-refractivity contribution in [1.82, 2.24) is 21.3 Å². The largest absolute Gasteiger partial charge is 0.474 e. The first-order valence-electron chi connectivity index (χ1n) is 14.3. The van der Waals surface area contributed by atoms with Gasteiger partial charge in [-0.15, -0.1) is 0 Å². The molecule has 0 spiro atoms. The summed E-state index contributed by atoms with van der Waals surface area (Å²) in [5.41, 5.74) is 5.12. The Balaban J connectivity index is 1.65. The summed E-state index contributed by atoms with van der Waals surface area (Å²) in [6.07, 6.45) is 3.59. The smallest absolute Gasteiger partial charge is 0.394 e. The number of rotatable bonds is 13. The topological polar surface area (TPSA) is 197 Å². The van der Waals surface area contributed by atoms with Crippen LogP contribution in [0.2, 0.25) is 0 Å². The maximum absolute atomic E-state index is 13.6. The summed E-state index contributed by atoms with van der Waals surface area (Å²) < 4.78 is 0. The highest BCUT2D eigenvalue weighted by atomic mass is 16.4. The van der Waals surface area contributed by atoms with E-state index in [0.29, 0.717) is 32.2 Å². The second-order valence-corrected chi connectivity index (χ2v) is 10.6. The Morgan fingerprint density at radius 2 is 1.60 bits per heavy atom. The summed E-state index contributed by atoms with van der Waals surface area (Å²) in [6.45, 7) is 1.89. The van der Waals surface area contributed by atoms with E-state index in [9.17, 15) is 28.8 Å². The maximum Gasteiger partial charge on any atom is 0.394 e. The van der Waals surface area contributed by atoms with Crippen molar-refractivity contribution in [1.29, 1.82) is 0 Å². The monoisotopic (exact) mass is 581 g/mol. The number of carbonyl (C=O) groups excluding carboxylic acids is 5. The summed E-state index contributed by atoms with van der Waals surface area (Å²) in [5.74, 6) is -5.78. The molecule has 2 aromatic carbocycles. The molecule has 2 unspecified atom stereocenters. The Morgan fingerprint density at radius 3 is 2.26 bits per heavy atom. The van der Waals surface area contributed by atoms with Gasteiger partial charge in [-0.2, -0.15) is 0 Å². The van der Waals surface area contributed by atoms with Crippen LogP contribution in [0.1, 0.15) is 63.9 Å². The lowest BCUT2D eigenvalue weighted by Crippen LogP contribution is -2.65. The summed E-state index contributed by atoms with van der Waals surface area (Å²) in [7, 11) is 0. The number of aryl methyl sites for hydroxylation is 1. The van der Waals surface area contributed by atoms with Crippen molar-refractivity contribution in [2.45, 2.75) is 82.3 Å². The molecule has 3 rings (SSSR count). The second-order valence-electron chi connectivity index (χ2n) is 10.6. The molecule has 0 bridgehead atoms. The molecule has 0 saturated heterocycles. The first-order chi connectivity index (χ1) is 20.1. The van der Waals surface area contributed by atoms with Gasteiger partial charge in [0.2, 0.25) is 23.6 Å². The fraction of sp³-hybridized carbons (Fsp3) is 0.467. The first kappa shape index (κ1) is 32.0. The summed E-state index contributed by atoms with van der Waals surface area (Å²) in [5, 5.41) is 21.4. The van der Waals surface area contributed by atoms with Crippen LogP contribution in [0.25, 0.3) is 10.8 Å². The number of hydrogen-bond acceptors (Lipinski definition) is 6. The zero-order chi connectivity index (χ0) is 30.7. The number of fused-ring (bicyclic) bond motifs is 1. The zero-order valence-electron chi connectivity index (χ0n) is 23.7. The molecule has 42 heavy (non-hydrogen) atoms. The molecule has 12 nitrogen and oxygen atoms in total. The minimum atomic E-state index is -1.73. The minimum Gasteiger partial charge on any atom is -0.474 e. The molecule has 0 radical (unpaired) electrons. The molecule has 0 aromatic heterocycles. The van der Waals surface area contributed by atoms with E-state index in [1.54, 1.807) is 6.92 Å². The first-order valence-corrected chi connectivity index (χ1v) is 14.3. The van der Waals surface area contributed by atoms with Gasteiger partial charge in [0.05, 0.1) is 6.42 Å². The quantitative estimate of drug-likeness (QED) is 0.150. The van der Waals surface area contributed by atoms with Crippen LogP contribution in [0, 0.1) is 0 Å². The zero-order valence-corrected chi connectivity index (χ0v) is 23.7. The summed E-state index contributed by atoms with van der Waals surface area (Å²) in [6, 6.07) is 11.7. The Labute approximate surface area is 244 Å². The van der Waals surface area contributed by atoms with Crippen LogP contribution < -0.4 is 27.0 Å². The summed E-state index contributed by atoms with van der Waals surface area (Å²) >= 11 is 0. The lowest BCUT2D eigenvalue weighted by atomic mass is 9.80. The van der Waals surface area contributed by atoms with Gasteiger partial charge in [-0.1, -0.05) is 68.7 Å². The van der Waals surface area contributed by atoms with Crippen molar-refractivity contribution in [3.8, 4) is 0 Å². The third-order valence-electron chi connectivity index (χ3n) is 7.56. The average molecular weight is 582 g/mol. The maximum atomic E-state index is 13.6. The number of carbonyl (C=O) groups is 6. The number of benzene rings is 2. The van der Waals surface area contributed by atoms with Gasteiger partial charge in [-0.25, -0.2) is 4.79 Å².